The van der Waals surface area contributed by atoms with E-state index in [0.29, 0.717) is 12.1 Å². The summed E-state index contributed by atoms with van der Waals surface area (Å²) < 4.78 is 29.0. The number of aliphatic carboxylic acids is 1. The monoisotopic (exact) mass is 650 g/mol. The number of methoxy groups -OCH3 is 1. The number of nitrogens with one attached hydrogen (secondary N) is 1. The molecule has 14 heteroatoms. The van der Waals surface area contributed by atoms with E-state index in [1.54, 1.807) is 24.1 Å². The zero-order valence-electron chi connectivity index (χ0n) is 26.2. The summed E-state index contributed by atoms with van der Waals surface area (Å²) in [4.78, 5) is 26.5. The van der Waals surface area contributed by atoms with E-state index >= 15 is 0 Å². The molecular formula is C32H46N2O12. The van der Waals surface area contributed by atoms with Crippen molar-refractivity contribution in [1.29, 1.82) is 0 Å². The first-order chi connectivity index (χ1) is 22.2. The van der Waals surface area contributed by atoms with Crippen molar-refractivity contribution in [2.75, 3.05) is 47.2 Å². The van der Waals surface area contributed by atoms with E-state index in [4.69, 9.17) is 23.7 Å². The maximum atomic E-state index is 13.0. The van der Waals surface area contributed by atoms with Crippen LogP contribution in [0.1, 0.15) is 32.1 Å². The van der Waals surface area contributed by atoms with Gasteiger partial charge in [0.15, 0.2) is 6.29 Å². The Kier molecular flexibility index (Phi) is 13.4. The summed E-state index contributed by atoms with van der Waals surface area (Å²) in [5.74, 6) is -3.00. The first-order valence-electron chi connectivity index (χ1n) is 15.6. The summed E-state index contributed by atoms with van der Waals surface area (Å²) >= 11 is 0. The molecular weight excluding hydrogens is 604 g/mol. The van der Waals surface area contributed by atoms with Gasteiger partial charge in [0, 0.05) is 25.2 Å². The second kappa shape index (κ2) is 17.2. The second-order valence-corrected chi connectivity index (χ2v) is 11.7. The number of carboxylic acid groups (broad SMARTS) is 1. The number of nitrogens with zero attached hydrogens (tertiary/aromatic N) is 1. The molecule has 256 valence electrons. The molecule has 3 aliphatic heterocycles. The van der Waals surface area contributed by atoms with Crippen LogP contribution in [0.25, 0.3) is 0 Å². The molecule has 46 heavy (non-hydrogen) atoms. The number of carbonyl (C=O) groups is 2. The molecule has 1 aliphatic carbocycles. The van der Waals surface area contributed by atoms with Crippen LogP contribution in [0.15, 0.2) is 59.1 Å². The zero-order chi connectivity index (χ0) is 33.2. The van der Waals surface area contributed by atoms with Gasteiger partial charge in [0.25, 0.3) is 0 Å². The molecule has 8 atom stereocenters. The third-order valence-corrected chi connectivity index (χ3v) is 8.48. The molecule has 0 aromatic heterocycles. The van der Waals surface area contributed by atoms with Crippen LogP contribution in [0.3, 0.4) is 0 Å². The number of rotatable bonds is 13. The zero-order valence-corrected chi connectivity index (χ0v) is 26.2. The fraction of sp³-hybridized carbons (Fsp3) is 0.625. The van der Waals surface area contributed by atoms with E-state index in [0.717, 1.165) is 37.7 Å². The van der Waals surface area contributed by atoms with Gasteiger partial charge < -0.3 is 54.1 Å². The van der Waals surface area contributed by atoms with E-state index in [1.807, 2.05) is 6.08 Å². The molecule has 0 spiro atoms. The van der Waals surface area contributed by atoms with Crippen LogP contribution >= 0.6 is 0 Å². The Labute approximate surface area is 268 Å². The molecule has 0 unspecified atom stereocenters. The molecule has 1 saturated carbocycles. The molecule has 3 heterocycles. The molecule has 0 aromatic rings. The number of ether oxygens (including phenoxy) is 5. The number of hydrogen-bond donors (Lipinski definition) is 6. The van der Waals surface area contributed by atoms with Crippen molar-refractivity contribution in [3.8, 4) is 0 Å². The Morgan fingerprint density at radius 1 is 1.13 bits per heavy atom. The standard InChI is InChI=1S/C32H46N2O12/c1-33-18-44-28-27(38)26(37)25(16-36)45-32(28)46-31-23(13-19-6-4-3-5-7-19)22(24(17-43-31)30(41)42-2)9-8-20-12-21(29(39)40)15-34(14-20)10-11-35/h8-9,12-13,15,17,22-23,25-28,31-33,35-38H,3-7,10-11,14,16,18H2,1-2H3,(H,39,40)/t22-,23+,25+,26+,27-,28+,31-,32-/m0/s1. The van der Waals surface area contributed by atoms with Crippen LogP contribution in [0.2, 0.25) is 0 Å². The quantitative estimate of drug-likeness (QED) is 0.0904. The highest BCUT2D eigenvalue weighted by Crippen LogP contribution is 2.39. The number of esters is 1. The van der Waals surface area contributed by atoms with Crippen molar-refractivity contribution in [2.24, 2.45) is 11.8 Å². The van der Waals surface area contributed by atoms with Crippen LogP contribution in [-0.2, 0) is 33.3 Å². The van der Waals surface area contributed by atoms with E-state index in [-0.39, 0.29) is 31.0 Å². The lowest BCUT2D eigenvalue weighted by Gasteiger charge is -2.44. The molecule has 0 radical (unpaired) electrons. The lowest BCUT2D eigenvalue weighted by atomic mass is 9.80. The average Bonchev–Trinajstić information content (AvgIpc) is 3.06. The lowest BCUT2D eigenvalue weighted by molar-refractivity contribution is -0.345. The molecule has 0 bridgehead atoms. The highest BCUT2D eigenvalue weighted by molar-refractivity contribution is 5.90. The number of hydrogen-bond acceptors (Lipinski definition) is 13. The van der Waals surface area contributed by atoms with E-state index in [2.05, 4.69) is 5.32 Å². The highest BCUT2D eigenvalue weighted by atomic mass is 16.8. The third kappa shape index (κ3) is 8.83. The number of carbonyl (C=O) groups excluding carboxylic acids is 1. The fourth-order valence-electron chi connectivity index (χ4n) is 6.10. The number of aliphatic hydroxyl groups is 4. The summed E-state index contributed by atoms with van der Waals surface area (Å²) in [7, 11) is 2.91. The van der Waals surface area contributed by atoms with Gasteiger partial charge in [-0.3, -0.25) is 5.32 Å². The Hall–Kier alpha value is -3.08. The van der Waals surface area contributed by atoms with Crippen molar-refractivity contribution in [3.05, 3.63) is 59.1 Å². The topological polar surface area (TPSA) is 197 Å². The number of allylic oxidation sites excluding steroid dienone is 2. The largest absolute Gasteiger partial charge is 0.478 e. The lowest BCUT2D eigenvalue weighted by Crippen LogP contribution is -2.61. The van der Waals surface area contributed by atoms with Crippen molar-refractivity contribution in [1.82, 2.24) is 10.2 Å². The first kappa shape index (κ1) is 35.8. The van der Waals surface area contributed by atoms with Gasteiger partial charge in [-0.15, -0.1) is 0 Å². The predicted octanol–water partition coefficient (Wildman–Crippen LogP) is 0.299. The normalized spacial score (nSPS) is 31.9. The maximum Gasteiger partial charge on any atom is 0.337 e. The third-order valence-electron chi connectivity index (χ3n) is 8.48. The smallest absolute Gasteiger partial charge is 0.337 e. The molecule has 0 amide bonds. The van der Waals surface area contributed by atoms with Crippen molar-refractivity contribution in [2.45, 2.75) is 69.1 Å². The molecule has 14 nitrogen and oxygen atoms in total. The summed E-state index contributed by atoms with van der Waals surface area (Å²) in [6.45, 7) is -0.153. The maximum absolute atomic E-state index is 13.0. The Bertz CT molecular complexity index is 1210. The molecule has 4 aliphatic rings. The van der Waals surface area contributed by atoms with E-state index in [9.17, 15) is 35.1 Å². The SMILES string of the molecule is CNCO[C@H]1[C@H](O[C@@H]2OC=C(C(=O)OC)[C@@H](C=CC3=CC(C(=O)O)=CN(CCO)C3)[C@H]2C=C2CCCCC2)O[C@H](CO)[C@@H](O)[C@@H]1O. The van der Waals surface area contributed by atoms with E-state index < -0.39 is 67.4 Å². The second-order valence-electron chi connectivity index (χ2n) is 11.7. The number of β-amino-alcohol motifs (C(OH)–C–C–N with tert-alkyl or cyclic N) is 1. The average molecular weight is 651 g/mol. The van der Waals surface area contributed by atoms with Gasteiger partial charge in [-0.05, 0) is 44.4 Å². The van der Waals surface area contributed by atoms with Gasteiger partial charge in [-0.2, -0.15) is 0 Å². The van der Waals surface area contributed by atoms with Gasteiger partial charge in [-0.1, -0.05) is 30.2 Å². The Morgan fingerprint density at radius 3 is 2.54 bits per heavy atom. The minimum Gasteiger partial charge on any atom is -0.478 e. The van der Waals surface area contributed by atoms with Crippen LogP contribution in [-0.4, -0.2) is 127 Å². The molecule has 2 fully saturated rings. The first-order valence-corrected chi connectivity index (χ1v) is 15.6. The minimum atomic E-state index is -1.45. The molecule has 6 N–H and O–H groups in total. The summed E-state index contributed by atoms with van der Waals surface area (Å²) in [6.07, 6.45) is 7.17. The number of carboxylic acids is 1. The predicted molar refractivity (Wildman–Crippen MR) is 162 cm³/mol. The Morgan fingerprint density at radius 2 is 1.89 bits per heavy atom. The van der Waals surface area contributed by atoms with Crippen LogP contribution in [0.4, 0.5) is 0 Å². The van der Waals surface area contributed by atoms with Crippen molar-refractivity contribution in [3.63, 3.8) is 0 Å². The fourth-order valence-corrected chi connectivity index (χ4v) is 6.10. The van der Waals surface area contributed by atoms with Crippen LogP contribution in [0, 0.1) is 11.8 Å². The Balaban J connectivity index is 1.72. The molecule has 1 saturated heterocycles. The number of aliphatic hydroxyl groups excluding tert-OH is 4. The summed E-state index contributed by atoms with van der Waals surface area (Å²) in [5.41, 5.74) is 2.07. The minimum absolute atomic E-state index is 0.00735. The summed E-state index contributed by atoms with van der Waals surface area (Å²) in [6, 6.07) is 0. The highest BCUT2D eigenvalue weighted by Gasteiger charge is 2.48. The van der Waals surface area contributed by atoms with Gasteiger partial charge in [0.1, 0.15) is 24.4 Å². The molecule has 0 aromatic carbocycles. The van der Waals surface area contributed by atoms with Crippen molar-refractivity contribution < 1.29 is 58.8 Å². The molecule has 4 rings (SSSR count). The summed E-state index contributed by atoms with van der Waals surface area (Å²) in [5, 5.41) is 53.1. The van der Waals surface area contributed by atoms with Gasteiger partial charge in [0.05, 0.1) is 50.4 Å². The van der Waals surface area contributed by atoms with E-state index in [1.165, 1.54) is 25.6 Å². The van der Waals surface area contributed by atoms with Crippen molar-refractivity contribution >= 4 is 11.9 Å². The van der Waals surface area contributed by atoms with Gasteiger partial charge >= 0.3 is 11.9 Å². The van der Waals surface area contributed by atoms with Gasteiger partial charge in [0.2, 0.25) is 6.29 Å². The van der Waals surface area contributed by atoms with Crippen LogP contribution in [0.5, 0.6) is 0 Å². The van der Waals surface area contributed by atoms with Gasteiger partial charge in [-0.25, -0.2) is 9.59 Å². The van der Waals surface area contributed by atoms with Crippen LogP contribution < -0.4 is 5.32 Å².